The predicted octanol–water partition coefficient (Wildman–Crippen LogP) is 2.52. The molecular formula is C15H17NO2S. The van der Waals surface area contributed by atoms with Gasteiger partial charge in [0.05, 0.1) is 4.90 Å². The molecule has 4 heteroatoms. The first-order valence-electron chi connectivity index (χ1n) is 6.18. The fourth-order valence-electron chi connectivity index (χ4n) is 1.77. The number of nitrogens with one attached hydrogen (secondary N) is 1. The van der Waals surface area contributed by atoms with Crippen LogP contribution in [0.3, 0.4) is 0 Å². The molecule has 0 amide bonds. The summed E-state index contributed by atoms with van der Waals surface area (Å²) in [5.41, 5.74) is 2.33. The van der Waals surface area contributed by atoms with Crippen LogP contribution in [0, 0.1) is 6.92 Å². The minimum absolute atomic E-state index is 0.305. The van der Waals surface area contributed by atoms with Crippen LogP contribution >= 0.6 is 0 Å². The highest BCUT2D eigenvalue weighted by atomic mass is 32.2. The molecule has 0 aliphatic rings. The monoisotopic (exact) mass is 275 g/mol. The third-order valence-electron chi connectivity index (χ3n) is 2.88. The molecule has 0 spiro atoms. The van der Waals surface area contributed by atoms with Crippen LogP contribution in [0.5, 0.6) is 0 Å². The maximum atomic E-state index is 12.0. The number of hydrogen-bond donors (Lipinski definition) is 1. The van der Waals surface area contributed by atoms with Crippen LogP contribution in [0.4, 0.5) is 0 Å². The summed E-state index contributed by atoms with van der Waals surface area (Å²) in [6, 6.07) is 16.5. The molecule has 0 aliphatic heterocycles. The number of hydrogen-bond acceptors (Lipinski definition) is 2. The Bertz CT molecular complexity index is 619. The topological polar surface area (TPSA) is 46.2 Å². The summed E-state index contributed by atoms with van der Waals surface area (Å²) in [7, 11) is -3.39. The number of benzene rings is 2. The Hall–Kier alpha value is -1.65. The first kappa shape index (κ1) is 13.8. The van der Waals surface area contributed by atoms with E-state index in [9.17, 15) is 8.42 Å². The lowest BCUT2D eigenvalue weighted by Crippen LogP contribution is -2.25. The summed E-state index contributed by atoms with van der Waals surface area (Å²) in [5.74, 6) is 0. The van der Waals surface area contributed by atoms with Gasteiger partial charge in [0.1, 0.15) is 0 Å². The molecular weight excluding hydrogens is 258 g/mol. The molecule has 0 fully saturated rings. The van der Waals surface area contributed by atoms with Gasteiger partial charge in [-0.1, -0.05) is 48.0 Å². The Morgan fingerprint density at radius 2 is 1.58 bits per heavy atom. The Labute approximate surface area is 114 Å². The van der Waals surface area contributed by atoms with E-state index in [4.69, 9.17) is 0 Å². The number of sulfonamides is 1. The zero-order chi connectivity index (χ0) is 13.7. The van der Waals surface area contributed by atoms with Gasteiger partial charge in [0.25, 0.3) is 0 Å². The molecule has 0 radical (unpaired) electrons. The van der Waals surface area contributed by atoms with Crippen LogP contribution < -0.4 is 4.72 Å². The van der Waals surface area contributed by atoms with E-state index in [1.54, 1.807) is 30.3 Å². The molecule has 0 aliphatic carbocycles. The minimum atomic E-state index is -3.39. The van der Waals surface area contributed by atoms with E-state index >= 15 is 0 Å². The third kappa shape index (κ3) is 3.91. The van der Waals surface area contributed by atoms with Crippen molar-refractivity contribution in [3.63, 3.8) is 0 Å². The van der Waals surface area contributed by atoms with Crippen molar-refractivity contribution in [2.24, 2.45) is 0 Å². The van der Waals surface area contributed by atoms with E-state index in [0.29, 0.717) is 17.9 Å². The molecule has 0 atom stereocenters. The third-order valence-corrected chi connectivity index (χ3v) is 4.36. The van der Waals surface area contributed by atoms with Crippen LogP contribution in [0.1, 0.15) is 11.1 Å². The van der Waals surface area contributed by atoms with Crippen molar-refractivity contribution in [3.05, 3.63) is 65.7 Å². The Morgan fingerprint density at radius 3 is 2.21 bits per heavy atom. The van der Waals surface area contributed by atoms with Crippen LogP contribution in [0.25, 0.3) is 0 Å². The van der Waals surface area contributed by atoms with E-state index < -0.39 is 10.0 Å². The molecule has 0 heterocycles. The molecule has 3 nitrogen and oxygen atoms in total. The highest BCUT2D eigenvalue weighted by molar-refractivity contribution is 7.89. The SMILES string of the molecule is Cc1ccc(CCNS(=O)(=O)c2ccccc2)cc1. The molecule has 0 bridgehead atoms. The van der Waals surface area contributed by atoms with Crippen molar-refractivity contribution >= 4 is 10.0 Å². The largest absolute Gasteiger partial charge is 0.240 e. The molecule has 2 aromatic carbocycles. The second-order valence-corrected chi connectivity index (χ2v) is 6.21. The van der Waals surface area contributed by atoms with Gasteiger partial charge in [0, 0.05) is 6.54 Å². The van der Waals surface area contributed by atoms with Gasteiger partial charge in [-0.25, -0.2) is 13.1 Å². The minimum Gasteiger partial charge on any atom is -0.211 e. The standard InChI is InChI=1S/C15H17NO2S/c1-13-7-9-14(10-8-13)11-12-16-19(17,18)15-5-3-2-4-6-15/h2-10,16H,11-12H2,1H3. The molecule has 0 saturated heterocycles. The maximum Gasteiger partial charge on any atom is 0.240 e. The van der Waals surface area contributed by atoms with Crippen LogP contribution in [-0.2, 0) is 16.4 Å². The first-order valence-corrected chi connectivity index (χ1v) is 7.66. The molecule has 1 N–H and O–H groups in total. The normalized spacial score (nSPS) is 11.4. The van der Waals surface area contributed by atoms with Gasteiger partial charge in [-0.3, -0.25) is 0 Å². The molecule has 0 unspecified atom stereocenters. The van der Waals surface area contributed by atoms with E-state index in [1.807, 2.05) is 31.2 Å². The van der Waals surface area contributed by atoms with Gasteiger partial charge in [-0.15, -0.1) is 0 Å². The van der Waals surface area contributed by atoms with E-state index in [0.717, 1.165) is 5.56 Å². The van der Waals surface area contributed by atoms with Gasteiger partial charge in [-0.2, -0.15) is 0 Å². The first-order chi connectivity index (χ1) is 9.08. The summed E-state index contributed by atoms with van der Waals surface area (Å²) < 4.78 is 26.5. The van der Waals surface area contributed by atoms with E-state index in [1.165, 1.54) is 5.56 Å². The summed E-state index contributed by atoms with van der Waals surface area (Å²) >= 11 is 0. The maximum absolute atomic E-state index is 12.0. The number of aryl methyl sites for hydroxylation is 1. The number of rotatable bonds is 5. The summed E-state index contributed by atoms with van der Waals surface area (Å²) in [6.07, 6.45) is 0.687. The Kier molecular flexibility index (Phi) is 4.35. The smallest absolute Gasteiger partial charge is 0.211 e. The van der Waals surface area contributed by atoms with Crippen LogP contribution in [-0.4, -0.2) is 15.0 Å². The lowest BCUT2D eigenvalue weighted by atomic mass is 10.1. The average Bonchev–Trinajstić information content (AvgIpc) is 2.42. The van der Waals surface area contributed by atoms with Gasteiger partial charge in [0.15, 0.2) is 0 Å². The fourth-order valence-corrected chi connectivity index (χ4v) is 2.82. The predicted molar refractivity (Wildman–Crippen MR) is 76.5 cm³/mol. The average molecular weight is 275 g/mol. The van der Waals surface area contributed by atoms with Crippen molar-refractivity contribution < 1.29 is 8.42 Å². The van der Waals surface area contributed by atoms with Crippen molar-refractivity contribution in [2.75, 3.05) is 6.54 Å². The summed E-state index contributed by atoms with van der Waals surface area (Å²) in [5, 5.41) is 0. The lowest BCUT2D eigenvalue weighted by molar-refractivity contribution is 0.581. The van der Waals surface area contributed by atoms with Crippen molar-refractivity contribution in [2.45, 2.75) is 18.2 Å². The van der Waals surface area contributed by atoms with Gasteiger partial charge in [-0.05, 0) is 31.0 Å². The second kappa shape index (κ2) is 5.99. The van der Waals surface area contributed by atoms with Crippen LogP contribution in [0.2, 0.25) is 0 Å². The molecule has 100 valence electrons. The van der Waals surface area contributed by atoms with E-state index in [2.05, 4.69) is 4.72 Å². The van der Waals surface area contributed by atoms with Crippen LogP contribution in [0.15, 0.2) is 59.5 Å². The quantitative estimate of drug-likeness (QED) is 0.911. The highest BCUT2D eigenvalue weighted by Gasteiger charge is 2.11. The second-order valence-electron chi connectivity index (χ2n) is 4.45. The van der Waals surface area contributed by atoms with Crippen molar-refractivity contribution in [3.8, 4) is 0 Å². The summed E-state index contributed by atoms with van der Waals surface area (Å²) in [4.78, 5) is 0.305. The lowest BCUT2D eigenvalue weighted by Gasteiger charge is -2.06. The Balaban J connectivity index is 1.94. The van der Waals surface area contributed by atoms with Crippen molar-refractivity contribution in [1.29, 1.82) is 0 Å². The molecule has 0 saturated carbocycles. The van der Waals surface area contributed by atoms with Gasteiger partial charge < -0.3 is 0 Å². The van der Waals surface area contributed by atoms with Crippen molar-refractivity contribution in [1.82, 2.24) is 4.72 Å². The van der Waals surface area contributed by atoms with Gasteiger partial charge in [0.2, 0.25) is 10.0 Å². The highest BCUT2D eigenvalue weighted by Crippen LogP contribution is 2.08. The zero-order valence-electron chi connectivity index (χ0n) is 10.8. The zero-order valence-corrected chi connectivity index (χ0v) is 11.7. The molecule has 19 heavy (non-hydrogen) atoms. The van der Waals surface area contributed by atoms with Gasteiger partial charge >= 0.3 is 0 Å². The molecule has 2 rings (SSSR count). The Morgan fingerprint density at radius 1 is 0.947 bits per heavy atom. The fraction of sp³-hybridized carbons (Fsp3) is 0.200. The van der Waals surface area contributed by atoms with E-state index in [-0.39, 0.29) is 0 Å². The molecule has 2 aromatic rings. The summed E-state index contributed by atoms with van der Waals surface area (Å²) in [6.45, 7) is 2.43. The molecule has 0 aromatic heterocycles.